The molecule has 2 aromatic rings. The van der Waals surface area contributed by atoms with E-state index in [1.807, 2.05) is 12.1 Å². The van der Waals surface area contributed by atoms with Crippen molar-refractivity contribution < 1.29 is 8.78 Å². The first kappa shape index (κ1) is 13.5. The molecule has 0 nitrogen and oxygen atoms in total. The summed E-state index contributed by atoms with van der Waals surface area (Å²) in [6.45, 7) is 0. The molecule has 1 atom stereocenters. The highest BCUT2D eigenvalue weighted by molar-refractivity contribution is 9.09. The lowest BCUT2D eigenvalue weighted by Gasteiger charge is -2.11. The van der Waals surface area contributed by atoms with Crippen LogP contribution in [0.15, 0.2) is 42.5 Å². The summed E-state index contributed by atoms with van der Waals surface area (Å²) >= 11 is 9.36. The minimum absolute atomic E-state index is 0.104. The van der Waals surface area contributed by atoms with E-state index in [-0.39, 0.29) is 4.83 Å². The highest BCUT2D eigenvalue weighted by Crippen LogP contribution is 2.29. The smallest absolute Gasteiger partial charge is 0.162 e. The summed E-state index contributed by atoms with van der Waals surface area (Å²) in [6.07, 6.45) is 0.365. The zero-order valence-electron chi connectivity index (χ0n) is 9.34. The molecule has 4 heteroatoms. The Balaban J connectivity index is 2.21. The van der Waals surface area contributed by atoms with E-state index in [1.165, 1.54) is 6.07 Å². The maximum Gasteiger partial charge on any atom is 0.162 e. The van der Waals surface area contributed by atoms with Gasteiger partial charge in [0.2, 0.25) is 0 Å². The second kappa shape index (κ2) is 5.81. The maximum atomic E-state index is 13.5. The van der Waals surface area contributed by atoms with Gasteiger partial charge in [0, 0.05) is 9.85 Å². The van der Waals surface area contributed by atoms with Crippen LogP contribution in [0.3, 0.4) is 0 Å². The van der Waals surface area contributed by atoms with Crippen LogP contribution in [0.2, 0.25) is 5.02 Å². The van der Waals surface area contributed by atoms with Crippen LogP contribution < -0.4 is 0 Å². The van der Waals surface area contributed by atoms with Crippen LogP contribution in [0.4, 0.5) is 8.78 Å². The van der Waals surface area contributed by atoms with Gasteiger partial charge in [-0.15, -0.1) is 0 Å². The maximum absolute atomic E-state index is 13.5. The summed E-state index contributed by atoms with van der Waals surface area (Å²) in [4.78, 5) is -0.104. The molecule has 0 radical (unpaired) electrons. The molecule has 0 aliphatic heterocycles. The number of halogens is 4. The third-order valence-corrected chi connectivity index (χ3v) is 3.73. The summed E-state index contributed by atoms with van der Waals surface area (Å²) in [7, 11) is 0. The van der Waals surface area contributed by atoms with Crippen LogP contribution >= 0.6 is 27.5 Å². The summed E-state index contributed by atoms with van der Waals surface area (Å²) in [5, 5.41) is 0.622. The molecule has 0 aliphatic carbocycles. The van der Waals surface area contributed by atoms with E-state index in [0.717, 1.165) is 11.6 Å². The van der Waals surface area contributed by atoms with Crippen molar-refractivity contribution in [2.75, 3.05) is 0 Å². The van der Waals surface area contributed by atoms with Crippen LogP contribution in [0, 0.1) is 11.6 Å². The molecule has 94 valence electrons. The van der Waals surface area contributed by atoms with E-state index in [0.29, 0.717) is 17.0 Å². The van der Waals surface area contributed by atoms with Crippen molar-refractivity contribution in [1.82, 2.24) is 0 Å². The topological polar surface area (TPSA) is 0 Å². The zero-order valence-corrected chi connectivity index (χ0v) is 11.7. The van der Waals surface area contributed by atoms with Gasteiger partial charge in [-0.25, -0.2) is 8.78 Å². The quantitative estimate of drug-likeness (QED) is 0.670. The molecule has 2 aromatic carbocycles. The number of rotatable bonds is 3. The largest absolute Gasteiger partial charge is 0.204 e. The summed E-state index contributed by atoms with van der Waals surface area (Å²) in [6, 6.07) is 11.5. The van der Waals surface area contributed by atoms with Crippen molar-refractivity contribution in [3.8, 4) is 0 Å². The van der Waals surface area contributed by atoms with E-state index < -0.39 is 11.6 Å². The predicted molar refractivity (Wildman–Crippen MR) is 73.2 cm³/mol. The van der Waals surface area contributed by atoms with Gasteiger partial charge >= 0.3 is 0 Å². The normalized spacial score (nSPS) is 12.4. The van der Waals surface area contributed by atoms with E-state index >= 15 is 0 Å². The van der Waals surface area contributed by atoms with Gasteiger partial charge in [-0.1, -0.05) is 51.8 Å². The second-order valence-corrected chi connectivity index (χ2v) is 5.48. The van der Waals surface area contributed by atoms with Gasteiger partial charge in [0.25, 0.3) is 0 Å². The van der Waals surface area contributed by atoms with Gasteiger partial charge < -0.3 is 0 Å². The van der Waals surface area contributed by atoms with Crippen LogP contribution in [0.1, 0.15) is 16.0 Å². The minimum Gasteiger partial charge on any atom is -0.204 e. The Morgan fingerprint density at radius 2 is 1.83 bits per heavy atom. The third kappa shape index (κ3) is 3.09. The lowest BCUT2D eigenvalue weighted by atomic mass is 10.0. The van der Waals surface area contributed by atoms with Gasteiger partial charge in [-0.05, 0) is 35.7 Å². The Kier molecular flexibility index (Phi) is 4.36. The number of hydrogen-bond acceptors (Lipinski definition) is 0. The first-order chi connectivity index (χ1) is 8.58. The van der Waals surface area contributed by atoms with Gasteiger partial charge in [0.1, 0.15) is 0 Å². The molecule has 1 unspecified atom stereocenters. The first-order valence-corrected chi connectivity index (χ1v) is 6.69. The fraction of sp³-hybridized carbons (Fsp3) is 0.143. The molecular formula is C14H10BrClF2. The molecule has 0 amide bonds. The fourth-order valence-corrected chi connectivity index (χ4v) is 2.55. The van der Waals surface area contributed by atoms with Gasteiger partial charge in [0.05, 0.1) is 0 Å². The number of hydrogen-bond donors (Lipinski definition) is 0. The summed E-state index contributed by atoms with van der Waals surface area (Å²) in [5.74, 6) is -1.61. The van der Waals surface area contributed by atoms with Crippen molar-refractivity contribution in [2.24, 2.45) is 0 Å². The molecule has 18 heavy (non-hydrogen) atoms. The predicted octanol–water partition coefficient (Wildman–Crippen LogP) is 5.30. The molecule has 0 bridgehead atoms. The Labute approximate surface area is 118 Å². The second-order valence-electron chi connectivity index (χ2n) is 3.94. The van der Waals surface area contributed by atoms with Gasteiger partial charge in [-0.2, -0.15) is 0 Å². The summed E-state index contributed by atoms with van der Waals surface area (Å²) < 4.78 is 26.6. The van der Waals surface area contributed by atoms with Gasteiger partial charge in [0.15, 0.2) is 11.6 Å². The Morgan fingerprint density at radius 3 is 2.56 bits per heavy atom. The van der Waals surface area contributed by atoms with E-state index in [2.05, 4.69) is 15.9 Å². The lowest BCUT2D eigenvalue weighted by Crippen LogP contribution is -1.99. The molecule has 0 heterocycles. The highest BCUT2D eigenvalue weighted by Gasteiger charge is 2.14. The standard InChI is InChI=1S/C14H10BrClF2/c15-12(9-3-1-5-11(16)7-9)8-10-4-2-6-13(17)14(10)18/h1-7,12H,8H2. The average Bonchev–Trinajstić information content (AvgIpc) is 2.35. The Hall–Kier alpha value is -0.930. The lowest BCUT2D eigenvalue weighted by molar-refractivity contribution is 0.498. The molecule has 0 aliphatic rings. The molecule has 2 rings (SSSR count). The number of alkyl halides is 1. The molecule has 0 fully saturated rings. The van der Waals surface area contributed by atoms with Crippen LogP contribution in [-0.2, 0) is 6.42 Å². The van der Waals surface area contributed by atoms with Crippen molar-refractivity contribution >= 4 is 27.5 Å². The minimum atomic E-state index is -0.821. The average molecular weight is 332 g/mol. The van der Waals surface area contributed by atoms with Gasteiger partial charge in [-0.3, -0.25) is 0 Å². The van der Waals surface area contributed by atoms with Crippen LogP contribution in [-0.4, -0.2) is 0 Å². The SMILES string of the molecule is Fc1cccc(CC(Br)c2cccc(Cl)c2)c1F. The van der Waals surface area contributed by atoms with Crippen molar-refractivity contribution in [3.05, 3.63) is 70.2 Å². The van der Waals surface area contributed by atoms with E-state index in [1.54, 1.807) is 18.2 Å². The third-order valence-electron chi connectivity index (χ3n) is 2.64. The zero-order chi connectivity index (χ0) is 13.1. The number of benzene rings is 2. The molecule has 0 saturated carbocycles. The van der Waals surface area contributed by atoms with E-state index in [9.17, 15) is 8.78 Å². The summed E-state index contributed by atoms with van der Waals surface area (Å²) in [5.41, 5.74) is 1.28. The molecular weight excluding hydrogens is 322 g/mol. The Morgan fingerprint density at radius 1 is 1.11 bits per heavy atom. The fourth-order valence-electron chi connectivity index (χ4n) is 1.72. The van der Waals surface area contributed by atoms with E-state index in [4.69, 9.17) is 11.6 Å². The highest BCUT2D eigenvalue weighted by atomic mass is 79.9. The molecule has 0 N–H and O–H groups in total. The van der Waals surface area contributed by atoms with Crippen molar-refractivity contribution in [2.45, 2.75) is 11.2 Å². The molecule has 0 spiro atoms. The van der Waals surface area contributed by atoms with Crippen molar-refractivity contribution in [3.63, 3.8) is 0 Å². The molecule has 0 saturated heterocycles. The van der Waals surface area contributed by atoms with Crippen LogP contribution in [0.25, 0.3) is 0 Å². The van der Waals surface area contributed by atoms with Crippen LogP contribution in [0.5, 0.6) is 0 Å². The van der Waals surface area contributed by atoms with Crippen molar-refractivity contribution in [1.29, 1.82) is 0 Å². The Bertz CT molecular complexity index is 557. The molecule has 0 aromatic heterocycles. The monoisotopic (exact) mass is 330 g/mol. The first-order valence-electron chi connectivity index (χ1n) is 5.40.